The van der Waals surface area contributed by atoms with E-state index in [1.54, 1.807) is 42.5 Å². The number of rotatable bonds is 14. The zero-order valence-electron chi connectivity index (χ0n) is 33.8. The van der Waals surface area contributed by atoms with Crippen molar-refractivity contribution < 1.29 is 57.0 Å². The van der Waals surface area contributed by atoms with Crippen LogP contribution in [0, 0.1) is 0 Å². The Labute approximate surface area is 398 Å². The van der Waals surface area contributed by atoms with Gasteiger partial charge in [0.05, 0.1) is 22.0 Å². The van der Waals surface area contributed by atoms with Crippen LogP contribution < -0.4 is 21.3 Å². The van der Waals surface area contributed by atoms with Crippen LogP contribution in [0.4, 0.5) is 57.9 Å². The summed E-state index contributed by atoms with van der Waals surface area (Å²) in [6.45, 7) is 0. The van der Waals surface area contributed by atoms with Crippen molar-refractivity contribution in [1.29, 1.82) is 0 Å². The van der Waals surface area contributed by atoms with E-state index in [-0.39, 0.29) is 39.2 Å². The number of nitrogens with zero attached hydrogens (tertiary/aromatic N) is 8. The van der Waals surface area contributed by atoms with E-state index in [9.17, 15) is 57.0 Å². The maximum Gasteiger partial charge on any atom is 0.297 e. The predicted molar refractivity (Wildman–Crippen MR) is 249 cm³/mol. The third-order valence-corrected chi connectivity index (χ3v) is 13.2. The molecule has 0 saturated carbocycles. The molecular weight excluding hydrogens is 1030 g/mol. The molecule has 0 aliphatic heterocycles. The Hall–Kier alpha value is -7.32. The highest BCUT2D eigenvalue weighted by atomic mass is 35.5. The Kier molecular flexibility index (Phi) is 12.8. The number of halogens is 2. The van der Waals surface area contributed by atoms with Crippen LogP contribution in [-0.2, 0) is 40.5 Å². The van der Waals surface area contributed by atoms with Crippen LogP contribution in [-0.4, -0.2) is 86.9 Å². The number of hydrogen-bond donors (Lipinski definition) is 9. The van der Waals surface area contributed by atoms with Gasteiger partial charge >= 0.3 is 0 Å². The van der Waals surface area contributed by atoms with Crippen molar-refractivity contribution in [2.75, 3.05) is 21.3 Å². The minimum absolute atomic E-state index is 0.0562. The zero-order valence-corrected chi connectivity index (χ0v) is 38.6. The zero-order chi connectivity index (χ0) is 49.6. The molecule has 69 heavy (non-hydrogen) atoms. The Morgan fingerprint density at radius 1 is 0.464 bits per heavy atom. The number of hydrogen-bond acceptors (Lipinski definition) is 21. The standard InChI is InChI=1S/C38H26Cl2N12O13S4/c39-33-45-35(41-20-7-2-1-3-8-20)49-36(46-33)42-25-16-29(68(60,61)62)26(17-28(25)67(57,58)59)43-37-47-34(40)48-38(50-37)44-27-15-21(66(54,55)56)14-19-11-12-23(31(53)30(19)27)51-52-24-13-10-18-6-4-5-9-22(18)32(24)69(63,64)65/h1-17,53H,(H,54,55,56)(H,57,58,59)(H,60,61,62)(H,63,64,65)(H2,41,42,45,46,49)(H2,43,44,47,48,50)/b52-51+. The van der Waals surface area contributed by atoms with E-state index < -0.39 is 106 Å². The molecule has 0 unspecified atom stereocenters. The van der Waals surface area contributed by atoms with Crippen molar-refractivity contribution in [3.8, 4) is 5.75 Å². The second-order valence-corrected chi connectivity index (χ2v) is 20.2. The number of para-hydroxylation sites is 1. The molecule has 0 atom stereocenters. The highest BCUT2D eigenvalue weighted by Crippen LogP contribution is 2.43. The van der Waals surface area contributed by atoms with E-state index >= 15 is 0 Å². The van der Waals surface area contributed by atoms with E-state index in [4.69, 9.17) is 23.2 Å². The van der Waals surface area contributed by atoms with E-state index in [1.807, 2.05) is 0 Å². The molecule has 2 aromatic heterocycles. The van der Waals surface area contributed by atoms with Crippen LogP contribution >= 0.6 is 23.2 Å². The molecule has 6 aromatic carbocycles. The summed E-state index contributed by atoms with van der Waals surface area (Å²) in [7, 11) is -20.4. The Bertz CT molecular complexity index is 3920. The minimum Gasteiger partial charge on any atom is -0.505 e. The number of nitrogens with one attached hydrogen (secondary N) is 4. The fourth-order valence-electron chi connectivity index (χ4n) is 6.54. The highest BCUT2D eigenvalue weighted by Gasteiger charge is 2.27. The van der Waals surface area contributed by atoms with E-state index in [0.717, 1.165) is 12.1 Å². The summed E-state index contributed by atoms with van der Waals surface area (Å²) in [6, 6.07) is 22.8. The van der Waals surface area contributed by atoms with Crippen molar-refractivity contribution in [2.45, 2.75) is 19.6 Å². The van der Waals surface area contributed by atoms with Crippen LogP contribution in [0.3, 0.4) is 0 Å². The first-order chi connectivity index (χ1) is 32.4. The summed E-state index contributed by atoms with van der Waals surface area (Å²) >= 11 is 12.3. The summed E-state index contributed by atoms with van der Waals surface area (Å²) in [5.41, 5.74) is -1.98. The monoisotopic (exact) mass is 1060 g/mol. The molecule has 25 nitrogen and oxygen atoms in total. The van der Waals surface area contributed by atoms with Gasteiger partial charge in [0.1, 0.15) is 26.1 Å². The van der Waals surface area contributed by atoms with E-state index in [2.05, 4.69) is 61.4 Å². The van der Waals surface area contributed by atoms with Gasteiger partial charge < -0.3 is 26.4 Å². The third kappa shape index (κ3) is 10.9. The SMILES string of the molecule is O=S(=O)(O)c1cc(Nc2nc(Cl)nc(Nc3cc(S(=O)(=O)O)c(Nc4nc(Cl)nc(Nc5ccccc5)n4)cc3S(=O)(=O)O)n2)c2c(O)c(/N=N/c3ccc4ccccc4c3S(=O)(=O)O)ccc2c1. The average Bonchev–Trinajstić information content (AvgIpc) is 3.24. The number of azo groups is 1. The first-order valence-electron chi connectivity index (χ1n) is 18.7. The van der Waals surface area contributed by atoms with Gasteiger partial charge in [-0.05, 0) is 82.5 Å². The Morgan fingerprint density at radius 3 is 1.48 bits per heavy atom. The van der Waals surface area contributed by atoms with E-state index in [0.29, 0.717) is 23.2 Å². The second-order valence-electron chi connectivity index (χ2n) is 14.0. The topological polar surface area (TPSA) is 388 Å². The fourth-order valence-corrected chi connectivity index (χ4v) is 9.55. The van der Waals surface area contributed by atoms with Crippen LogP contribution in [0.25, 0.3) is 21.5 Å². The molecule has 0 bridgehead atoms. The van der Waals surface area contributed by atoms with Crippen molar-refractivity contribution in [2.24, 2.45) is 10.2 Å². The van der Waals surface area contributed by atoms with Gasteiger partial charge in [-0.25, -0.2) is 0 Å². The first kappa shape index (κ1) is 48.1. The summed E-state index contributed by atoms with van der Waals surface area (Å²) < 4.78 is 141. The second kappa shape index (κ2) is 18.3. The molecule has 0 fully saturated rings. The number of fused-ring (bicyclic) bond motifs is 2. The molecule has 0 radical (unpaired) electrons. The predicted octanol–water partition coefficient (Wildman–Crippen LogP) is 7.75. The summed E-state index contributed by atoms with van der Waals surface area (Å²) in [5, 5.41) is 29.0. The average molecular weight is 1060 g/mol. The molecule has 354 valence electrons. The molecule has 31 heteroatoms. The Morgan fingerprint density at radius 2 is 0.942 bits per heavy atom. The molecule has 9 N–H and O–H groups in total. The largest absolute Gasteiger partial charge is 0.505 e. The lowest BCUT2D eigenvalue weighted by Crippen LogP contribution is -2.12. The first-order valence-corrected chi connectivity index (χ1v) is 25.2. The molecule has 0 aliphatic rings. The van der Waals surface area contributed by atoms with Gasteiger partial charge in [0.15, 0.2) is 5.75 Å². The van der Waals surface area contributed by atoms with Gasteiger partial charge in [0.25, 0.3) is 40.5 Å². The van der Waals surface area contributed by atoms with Crippen LogP contribution in [0.1, 0.15) is 0 Å². The van der Waals surface area contributed by atoms with Crippen molar-refractivity contribution in [3.05, 3.63) is 114 Å². The molecule has 0 amide bonds. The highest BCUT2D eigenvalue weighted by molar-refractivity contribution is 7.87. The Balaban J connectivity index is 1.18. The maximum absolute atomic E-state index is 12.8. The molecule has 8 aromatic rings. The van der Waals surface area contributed by atoms with Gasteiger partial charge in [0.2, 0.25) is 34.4 Å². The van der Waals surface area contributed by atoms with Gasteiger partial charge in [-0.3, -0.25) is 18.2 Å². The molecule has 0 saturated heterocycles. The molecule has 0 aliphatic carbocycles. The minimum atomic E-state index is -5.31. The maximum atomic E-state index is 12.8. The summed E-state index contributed by atoms with van der Waals surface area (Å²) in [4.78, 5) is 20.3. The number of phenolic OH excluding ortho intramolecular Hbond substituents is 1. The smallest absolute Gasteiger partial charge is 0.297 e. The summed E-state index contributed by atoms with van der Waals surface area (Å²) in [5.74, 6) is -2.57. The third-order valence-electron chi connectivity index (χ3n) is 9.35. The van der Waals surface area contributed by atoms with Gasteiger partial charge in [-0.1, -0.05) is 54.6 Å². The molecule has 0 spiro atoms. The molecule has 2 heterocycles. The van der Waals surface area contributed by atoms with Crippen LogP contribution in [0.2, 0.25) is 10.6 Å². The molecular formula is C38H26Cl2N12O13S4. The van der Waals surface area contributed by atoms with Gasteiger partial charge in [0, 0.05) is 16.5 Å². The van der Waals surface area contributed by atoms with Crippen LogP contribution in [0.5, 0.6) is 5.75 Å². The molecule has 8 rings (SSSR count). The lowest BCUT2D eigenvalue weighted by atomic mass is 10.1. The van der Waals surface area contributed by atoms with Crippen molar-refractivity contribution >= 4 is 143 Å². The lowest BCUT2D eigenvalue weighted by Gasteiger charge is -2.16. The van der Waals surface area contributed by atoms with Crippen LogP contribution in [0.15, 0.2) is 133 Å². The van der Waals surface area contributed by atoms with Gasteiger partial charge in [-0.15, -0.1) is 10.2 Å². The van der Waals surface area contributed by atoms with Crippen molar-refractivity contribution in [1.82, 2.24) is 29.9 Å². The van der Waals surface area contributed by atoms with Crippen molar-refractivity contribution in [3.63, 3.8) is 0 Å². The number of benzene rings is 6. The quantitative estimate of drug-likeness (QED) is 0.0371. The lowest BCUT2D eigenvalue weighted by molar-refractivity contribution is 0.479. The summed E-state index contributed by atoms with van der Waals surface area (Å²) in [6.07, 6.45) is 0. The van der Waals surface area contributed by atoms with Gasteiger partial charge in [-0.2, -0.15) is 63.6 Å². The fraction of sp³-hybridized carbons (Fsp3) is 0. The number of anilines is 8. The van der Waals surface area contributed by atoms with E-state index in [1.165, 1.54) is 36.4 Å². The number of aromatic hydroxyl groups is 1. The number of aromatic nitrogens is 6. The normalized spacial score (nSPS) is 12.4. The number of phenols is 1.